The van der Waals surface area contributed by atoms with E-state index in [0.29, 0.717) is 135 Å². The zero-order chi connectivity index (χ0) is 91.2. The van der Waals surface area contributed by atoms with Gasteiger partial charge in [-0.1, -0.05) is 121 Å². The van der Waals surface area contributed by atoms with Gasteiger partial charge < -0.3 is 34.1 Å². The van der Waals surface area contributed by atoms with Crippen molar-refractivity contribution in [3.05, 3.63) is 257 Å². The van der Waals surface area contributed by atoms with E-state index >= 15 is 4.39 Å². The summed E-state index contributed by atoms with van der Waals surface area (Å²) in [7, 11) is 1.60. The number of pyridine rings is 6. The van der Waals surface area contributed by atoms with E-state index in [9.17, 15) is 37.5 Å². The lowest BCUT2D eigenvalue weighted by Gasteiger charge is -2.44. The van der Waals surface area contributed by atoms with Crippen LogP contribution in [-0.4, -0.2) is 174 Å². The van der Waals surface area contributed by atoms with Gasteiger partial charge in [0, 0.05) is 111 Å². The van der Waals surface area contributed by atoms with Crippen molar-refractivity contribution in [1.82, 2.24) is 73.3 Å². The van der Waals surface area contributed by atoms with Crippen LogP contribution in [0.3, 0.4) is 0 Å². The van der Waals surface area contributed by atoms with E-state index < -0.39 is 34.5 Å². The molecule has 3 aliphatic rings. The summed E-state index contributed by atoms with van der Waals surface area (Å²) in [6, 6.07) is 26.4. The summed E-state index contributed by atoms with van der Waals surface area (Å²) in [6.07, 6.45) is 9.08. The van der Waals surface area contributed by atoms with Crippen molar-refractivity contribution in [1.29, 1.82) is 0 Å². The van der Waals surface area contributed by atoms with Crippen LogP contribution in [0.15, 0.2) is 168 Å². The van der Waals surface area contributed by atoms with Crippen LogP contribution in [0.1, 0.15) is 146 Å². The molecule has 3 amide bonds. The third kappa shape index (κ3) is 17.2. The third-order valence-electron chi connectivity index (χ3n) is 23.6. The number of carbonyl (C=O) groups is 3. The molecule has 3 aromatic carbocycles. The molecule has 30 heteroatoms. The van der Waals surface area contributed by atoms with Crippen molar-refractivity contribution in [3.8, 4) is 56.6 Å². The van der Waals surface area contributed by atoms with Gasteiger partial charge in [0.15, 0.2) is 28.6 Å². The average molecular weight is 1750 g/mol. The lowest BCUT2D eigenvalue weighted by atomic mass is 9.98. The number of fused-ring (bicyclic) bond motifs is 3. The first kappa shape index (κ1) is 90.9. The topological polar surface area (TPSA) is 262 Å². The number of amides is 3. The number of carbonyl (C=O) groups excluding carboxylic acids is 3. The molecule has 0 saturated carbocycles. The van der Waals surface area contributed by atoms with E-state index in [2.05, 4.69) is 54.5 Å². The Hall–Kier alpha value is -12.8. The Balaban J connectivity index is 0.000000162. The maximum atomic E-state index is 16.1. The van der Waals surface area contributed by atoms with Gasteiger partial charge in [0.25, 0.3) is 0 Å². The zero-order valence-electron chi connectivity index (χ0n) is 74.1. The number of nitrogens with zero attached hydrogens (tertiary/aromatic N) is 18. The molecular weight excluding hydrogens is 1650 g/mol. The molecule has 25 nitrogen and oxygen atoms in total. The van der Waals surface area contributed by atoms with Crippen LogP contribution in [-0.2, 0) is 14.4 Å². The highest BCUT2D eigenvalue weighted by molar-refractivity contribution is 6.34. The Labute approximate surface area is 739 Å². The number of ether oxygens (including phenoxy) is 1. The molecule has 3 saturated heterocycles. The number of halogens is 5. The van der Waals surface area contributed by atoms with Crippen molar-refractivity contribution in [2.24, 2.45) is 0 Å². The van der Waals surface area contributed by atoms with Gasteiger partial charge in [-0.2, -0.15) is 15.0 Å². The fraction of sp³-hybridized carbons (Fsp3) is 0.344. The molecule has 0 bridgehead atoms. The quantitative estimate of drug-likeness (QED) is 0.0814. The first-order valence-electron chi connectivity index (χ1n) is 42.0. The number of aromatic nitrogens is 12. The lowest BCUT2D eigenvalue weighted by molar-refractivity contribution is -0.129. The number of benzene rings is 3. The molecule has 9 aromatic heterocycles. The summed E-state index contributed by atoms with van der Waals surface area (Å²) >= 11 is 13.7. The summed E-state index contributed by atoms with van der Waals surface area (Å²) in [5, 5.41) is 1.95. The van der Waals surface area contributed by atoms with E-state index in [-0.39, 0.29) is 99.3 Å². The molecule has 12 aromatic rings. The molecule has 0 spiro atoms. The highest BCUT2D eigenvalue weighted by Gasteiger charge is 2.39. The van der Waals surface area contributed by atoms with Crippen LogP contribution in [0.5, 0.6) is 5.75 Å². The smallest absolute Gasteiger partial charge is 0.355 e. The number of piperazine rings is 3. The molecule has 15 rings (SSSR count). The maximum absolute atomic E-state index is 16.1. The van der Waals surface area contributed by atoms with Gasteiger partial charge in [-0.15, -0.1) is 0 Å². The predicted octanol–water partition coefficient (Wildman–Crippen LogP) is 17.0. The molecule has 0 radical (unpaired) electrons. The van der Waals surface area contributed by atoms with Crippen molar-refractivity contribution in [3.63, 3.8) is 0 Å². The molecule has 0 aliphatic carbocycles. The average Bonchev–Trinajstić information content (AvgIpc) is 0.740. The van der Waals surface area contributed by atoms with Crippen molar-refractivity contribution >= 4 is 91.5 Å². The molecule has 6 atom stereocenters. The second-order valence-electron chi connectivity index (χ2n) is 33.5. The van der Waals surface area contributed by atoms with E-state index in [1.807, 2.05) is 188 Å². The number of para-hydroxylation sites is 1. The monoisotopic (exact) mass is 1750 g/mol. The van der Waals surface area contributed by atoms with Crippen molar-refractivity contribution in [2.45, 2.75) is 172 Å². The van der Waals surface area contributed by atoms with E-state index in [4.69, 9.17) is 42.9 Å². The fourth-order valence-corrected chi connectivity index (χ4v) is 17.7. The fourth-order valence-electron chi connectivity index (χ4n) is 17.2. The summed E-state index contributed by atoms with van der Waals surface area (Å²) in [6.45, 7) is 46.7. The zero-order valence-corrected chi connectivity index (χ0v) is 75.6. The number of hydrogen-bond donors (Lipinski definition) is 0. The first-order valence-corrected chi connectivity index (χ1v) is 42.7. The number of hydrogen-bond acceptors (Lipinski definition) is 19. The van der Waals surface area contributed by atoms with Crippen LogP contribution in [0, 0.1) is 52.1 Å². The van der Waals surface area contributed by atoms with Gasteiger partial charge in [0.05, 0.1) is 78.8 Å². The predicted molar refractivity (Wildman–Crippen MR) is 492 cm³/mol. The molecule has 6 unspecified atom stereocenters. The Morgan fingerprint density at radius 2 is 0.754 bits per heavy atom. The Bertz CT molecular complexity index is 6530. The largest absolute Gasteiger partial charge is 0.496 e. The summed E-state index contributed by atoms with van der Waals surface area (Å²) in [4.78, 5) is 133. The standard InChI is InChI=1S/C33H37FN6O2.C32H35ClN6O3.C31H31ClF2N6O2/c1-9-26(41)38-16-23(8)39(17-22(38)7)31-24-15-25(34)29(27-19(4)11-10-12-20(27)5)36-32(24)40(33(42)37-31)30-21(6)13-14-35-28(30)18(2)3;1-8-26(40)37-16-21(6)38(17-20(37)5)30-23-15-24(33)28(22-11-9-10-12-25(22)42-7)35-31(23)39(32(41)36-30)29-19(4)13-14-34-27(29)18(2)3;1-7-24(41)38-14-19(6)39(15-18(38)5)29-21-13-22(32)27(20-9-8-10-23(33)25(20)34)36-30(21)40(31(42)37-29)28-17(4)11-12-35-26(28)16(2)3/h9-15,18,22-23H,1,16-17H2,2-8H3;8-15,18,20-21H,1,16-17H2,2-7H3;7-13,16,18-19H,1,14-15H2,2-6H3. The maximum Gasteiger partial charge on any atom is 0.355 e. The van der Waals surface area contributed by atoms with Crippen LogP contribution < -0.4 is 36.5 Å². The van der Waals surface area contributed by atoms with Gasteiger partial charge in [-0.25, -0.2) is 56.2 Å². The SMILES string of the molecule is C=CC(=O)N1CC(C)N(c2nc(=O)n(-c3c(C)ccnc3C(C)C)c3nc(-c4c(C)cccc4C)c(F)cc23)CC1C.C=CC(=O)N1CC(C)N(c2nc(=O)n(-c3c(C)ccnc3C(C)C)c3nc(-c4cccc(F)c4F)c(Cl)cc23)CC1C.C=CC(=O)N1CC(C)N(c2nc(=O)n(-c3c(C)ccnc3C(C)C)c3nc(-c4ccccc4OC)c(Cl)cc23)CC1C. The van der Waals surface area contributed by atoms with Crippen molar-refractivity contribution in [2.75, 3.05) is 61.1 Å². The summed E-state index contributed by atoms with van der Waals surface area (Å²) < 4.78 is 55.4. The normalized spacial score (nSPS) is 17.2. The van der Waals surface area contributed by atoms with E-state index in [1.54, 1.807) is 57.1 Å². The molecule has 0 N–H and O–H groups in total. The number of anilines is 3. The second kappa shape index (κ2) is 37.2. The summed E-state index contributed by atoms with van der Waals surface area (Å²) in [5.74, 6) is -1.32. The van der Waals surface area contributed by atoms with E-state index in [1.165, 1.54) is 45.6 Å². The molecule has 12 heterocycles. The van der Waals surface area contributed by atoms with E-state index in [0.717, 1.165) is 45.3 Å². The minimum absolute atomic E-state index is 0.0106. The highest BCUT2D eigenvalue weighted by Crippen LogP contribution is 2.43. The van der Waals surface area contributed by atoms with Gasteiger partial charge in [0.1, 0.15) is 34.7 Å². The second-order valence-corrected chi connectivity index (χ2v) is 34.3. The molecule has 3 aliphatic heterocycles. The molecule has 126 heavy (non-hydrogen) atoms. The number of aryl methyl sites for hydroxylation is 5. The van der Waals surface area contributed by atoms with Crippen LogP contribution in [0.25, 0.3) is 83.9 Å². The first-order chi connectivity index (χ1) is 59.9. The van der Waals surface area contributed by atoms with Crippen LogP contribution >= 0.6 is 23.2 Å². The van der Waals surface area contributed by atoms with Crippen LogP contribution in [0.2, 0.25) is 10.0 Å². The Kier molecular flexibility index (Phi) is 26.8. The minimum atomic E-state index is -1.10. The van der Waals surface area contributed by atoms with Gasteiger partial charge in [-0.3, -0.25) is 29.3 Å². The van der Waals surface area contributed by atoms with Gasteiger partial charge >= 0.3 is 17.1 Å². The Morgan fingerprint density at radius 3 is 1.11 bits per heavy atom. The lowest BCUT2D eigenvalue weighted by Crippen LogP contribution is -2.58. The molecule has 654 valence electrons. The van der Waals surface area contributed by atoms with Gasteiger partial charge in [-0.05, 0) is 201 Å². The Morgan fingerprint density at radius 1 is 0.421 bits per heavy atom. The van der Waals surface area contributed by atoms with Crippen molar-refractivity contribution < 1.29 is 32.3 Å². The van der Waals surface area contributed by atoms with Crippen LogP contribution in [0.4, 0.5) is 30.6 Å². The summed E-state index contributed by atoms with van der Waals surface area (Å²) in [5.41, 5.74) is 9.40. The van der Waals surface area contributed by atoms with Gasteiger partial charge in [0.2, 0.25) is 17.7 Å². The molecular formula is C96H103Cl2F3N18O7. The number of methoxy groups -OCH3 is 1. The molecule has 3 fully saturated rings. The third-order valence-corrected chi connectivity index (χ3v) is 24.2. The highest BCUT2D eigenvalue weighted by atomic mass is 35.5. The minimum Gasteiger partial charge on any atom is -0.496 e. The number of rotatable bonds is 16.